The predicted octanol–water partition coefficient (Wildman–Crippen LogP) is 2.28. The van der Waals surface area contributed by atoms with Crippen LogP contribution >= 0.6 is 11.8 Å². The molecule has 1 rings (SSSR count). The fraction of sp³-hybridized carbons (Fsp3) is 0.417. The Morgan fingerprint density at radius 3 is 2.88 bits per heavy atom. The maximum atomic E-state index is 11.4. The second-order valence-corrected chi connectivity index (χ2v) is 5.06. The van der Waals surface area contributed by atoms with Crippen LogP contribution in [-0.4, -0.2) is 17.7 Å². The highest BCUT2D eigenvalue weighted by Gasteiger charge is 2.03. The molecule has 0 unspecified atom stereocenters. The number of carbonyl (C=O) groups is 1. The summed E-state index contributed by atoms with van der Waals surface area (Å²) >= 11 is 1.65. The van der Waals surface area contributed by atoms with Gasteiger partial charge in [0.1, 0.15) is 0 Å². The zero-order valence-corrected chi connectivity index (χ0v) is 10.5. The van der Waals surface area contributed by atoms with Crippen LogP contribution in [0.15, 0.2) is 29.2 Å². The van der Waals surface area contributed by atoms with Crippen LogP contribution in [0.5, 0.6) is 0 Å². The molecule has 0 radical (unpaired) electrons. The van der Waals surface area contributed by atoms with Gasteiger partial charge < -0.3 is 11.1 Å². The van der Waals surface area contributed by atoms with Gasteiger partial charge in [0.2, 0.25) is 5.91 Å². The Morgan fingerprint density at radius 2 is 2.25 bits per heavy atom. The minimum atomic E-state index is 0.103. The maximum Gasteiger partial charge on any atom is 0.221 e. The molecule has 4 heteroatoms. The molecule has 0 spiro atoms. The summed E-state index contributed by atoms with van der Waals surface area (Å²) in [5.41, 5.74) is 6.42. The summed E-state index contributed by atoms with van der Waals surface area (Å²) in [6.07, 6.45) is 0.539. The monoisotopic (exact) mass is 238 g/mol. The van der Waals surface area contributed by atoms with Crippen molar-refractivity contribution in [1.82, 2.24) is 5.32 Å². The third-order valence-electron chi connectivity index (χ3n) is 1.91. The number of amides is 1. The highest BCUT2D eigenvalue weighted by Crippen LogP contribution is 2.20. The normalized spacial score (nSPS) is 10.4. The number of hydrogen-bond donors (Lipinski definition) is 2. The maximum absolute atomic E-state index is 11.4. The Bertz CT molecular complexity index is 353. The molecule has 0 bridgehead atoms. The predicted molar refractivity (Wildman–Crippen MR) is 69.5 cm³/mol. The third kappa shape index (κ3) is 5.07. The van der Waals surface area contributed by atoms with Crippen molar-refractivity contribution in [3.05, 3.63) is 24.3 Å². The van der Waals surface area contributed by atoms with Gasteiger partial charge in [-0.25, -0.2) is 0 Å². The summed E-state index contributed by atoms with van der Waals surface area (Å²) in [5.74, 6) is 0.883. The quantitative estimate of drug-likeness (QED) is 0.611. The topological polar surface area (TPSA) is 55.1 Å². The van der Waals surface area contributed by atoms with Gasteiger partial charge in [0.25, 0.3) is 0 Å². The van der Waals surface area contributed by atoms with Crippen molar-refractivity contribution in [2.45, 2.75) is 31.2 Å². The lowest BCUT2D eigenvalue weighted by molar-refractivity contribution is -0.121. The van der Waals surface area contributed by atoms with Crippen LogP contribution in [0.3, 0.4) is 0 Å². The Balaban J connectivity index is 2.28. The number of rotatable bonds is 5. The summed E-state index contributed by atoms with van der Waals surface area (Å²) in [7, 11) is 0. The van der Waals surface area contributed by atoms with E-state index in [1.807, 2.05) is 38.1 Å². The number of hydrogen-bond acceptors (Lipinski definition) is 3. The number of thioether (sulfide) groups is 1. The Morgan fingerprint density at radius 1 is 1.50 bits per heavy atom. The van der Waals surface area contributed by atoms with Crippen LogP contribution in [0.1, 0.15) is 20.3 Å². The van der Waals surface area contributed by atoms with E-state index in [4.69, 9.17) is 5.73 Å². The molecule has 0 fully saturated rings. The highest BCUT2D eigenvalue weighted by molar-refractivity contribution is 7.99. The average Bonchev–Trinajstić information content (AvgIpc) is 2.16. The Labute approximate surface area is 101 Å². The van der Waals surface area contributed by atoms with Crippen LogP contribution in [0.25, 0.3) is 0 Å². The van der Waals surface area contributed by atoms with Crippen molar-refractivity contribution in [3.8, 4) is 0 Å². The van der Waals surface area contributed by atoms with E-state index in [1.165, 1.54) is 0 Å². The summed E-state index contributed by atoms with van der Waals surface area (Å²) in [4.78, 5) is 12.5. The van der Waals surface area contributed by atoms with Crippen molar-refractivity contribution in [2.24, 2.45) is 0 Å². The van der Waals surface area contributed by atoms with Crippen molar-refractivity contribution >= 4 is 23.4 Å². The third-order valence-corrected chi connectivity index (χ3v) is 2.90. The van der Waals surface area contributed by atoms with Gasteiger partial charge in [-0.1, -0.05) is 6.07 Å². The van der Waals surface area contributed by atoms with Crippen LogP contribution in [-0.2, 0) is 4.79 Å². The highest BCUT2D eigenvalue weighted by atomic mass is 32.2. The first kappa shape index (κ1) is 12.9. The van der Waals surface area contributed by atoms with Crippen molar-refractivity contribution in [2.75, 3.05) is 11.5 Å². The van der Waals surface area contributed by atoms with Gasteiger partial charge in [-0.2, -0.15) is 0 Å². The number of benzene rings is 1. The van der Waals surface area contributed by atoms with Crippen LogP contribution in [0.4, 0.5) is 5.69 Å². The molecule has 0 aromatic heterocycles. The summed E-state index contributed by atoms with van der Waals surface area (Å²) in [6, 6.07) is 7.92. The molecular formula is C12H18N2OS. The number of anilines is 1. The average molecular weight is 238 g/mol. The van der Waals surface area contributed by atoms with Gasteiger partial charge in [-0.15, -0.1) is 11.8 Å². The molecule has 16 heavy (non-hydrogen) atoms. The molecule has 3 N–H and O–H groups in total. The standard InChI is InChI=1S/C12H18N2OS/c1-9(2)14-12(15)6-7-16-11-5-3-4-10(13)8-11/h3-5,8-9H,6-7,13H2,1-2H3,(H,14,15). The van der Waals surface area contributed by atoms with Gasteiger partial charge >= 0.3 is 0 Å². The summed E-state index contributed by atoms with van der Waals surface area (Å²) in [6.45, 7) is 3.92. The minimum absolute atomic E-state index is 0.103. The zero-order chi connectivity index (χ0) is 12.0. The lowest BCUT2D eigenvalue weighted by Gasteiger charge is -2.07. The number of carbonyl (C=O) groups excluding carboxylic acids is 1. The van der Waals surface area contributed by atoms with Crippen molar-refractivity contribution in [3.63, 3.8) is 0 Å². The van der Waals surface area contributed by atoms with Gasteiger partial charge in [0.05, 0.1) is 0 Å². The van der Waals surface area contributed by atoms with E-state index in [1.54, 1.807) is 11.8 Å². The van der Waals surface area contributed by atoms with Gasteiger partial charge in [-0.05, 0) is 32.0 Å². The molecule has 0 aliphatic heterocycles. The van der Waals surface area contributed by atoms with E-state index in [0.29, 0.717) is 6.42 Å². The lowest BCUT2D eigenvalue weighted by atomic mass is 10.3. The molecule has 0 saturated carbocycles. The van der Waals surface area contributed by atoms with Crippen LogP contribution in [0.2, 0.25) is 0 Å². The Hall–Kier alpha value is -1.16. The van der Waals surface area contributed by atoms with E-state index in [9.17, 15) is 4.79 Å². The first-order valence-corrected chi connectivity index (χ1v) is 6.34. The van der Waals surface area contributed by atoms with E-state index in [0.717, 1.165) is 16.3 Å². The van der Waals surface area contributed by atoms with Gasteiger partial charge in [0, 0.05) is 28.8 Å². The molecule has 0 atom stereocenters. The van der Waals surface area contributed by atoms with E-state index in [-0.39, 0.29) is 11.9 Å². The summed E-state index contributed by atoms with van der Waals surface area (Å²) in [5, 5.41) is 2.86. The largest absolute Gasteiger partial charge is 0.399 e. The van der Waals surface area contributed by atoms with E-state index >= 15 is 0 Å². The SMILES string of the molecule is CC(C)NC(=O)CCSc1cccc(N)c1. The smallest absolute Gasteiger partial charge is 0.221 e. The number of nitrogens with one attached hydrogen (secondary N) is 1. The molecular weight excluding hydrogens is 220 g/mol. The van der Waals surface area contributed by atoms with E-state index in [2.05, 4.69) is 5.32 Å². The van der Waals surface area contributed by atoms with E-state index < -0.39 is 0 Å². The zero-order valence-electron chi connectivity index (χ0n) is 9.69. The van der Waals surface area contributed by atoms with Gasteiger partial charge in [0.15, 0.2) is 0 Å². The summed E-state index contributed by atoms with van der Waals surface area (Å²) < 4.78 is 0. The second kappa shape index (κ2) is 6.43. The minimum Gasteiger partial charge on any atom is -0.399 e. The Kier molecular flexibility index (Phi) is 5.19. The molecule has 0 aliphatic rings. The molecule has 0 aliphatic carbocycles. The number of nitrogens with two attached hydrogens (primary N) is 1. The molecule has 88 valence electrons. The molecule has 1 aromatic rings. The second-order valence-electron chi connectivity index (χ2n) is 3.89. The number of nitrogen functional groups attached to an aromatic ring is 1. The van der Waals surface area contributed by atoms with Crippen LogP contribution < -0.4 is 11.1 Å². The molecule has 1 amide bonds. The van der Waals surface area contributed by atoms with Crippen molar-refractivity contribution in [1.29, 1.82) is 0 Å². The van der Waals surface area contributed by atoms with Crippen LogP contribution in [0, 0.1) is 0 Å². The first-order chi connectivity index (χ1) is 7.58. The fourth-order valence-corrected chi connectivity index (χ4v) is 2.18. The molecule has 0 heterocycles. The van der Waals surface area contributed by atoms with Gasteiger partial charge in [-0.3, -0.25) is 4.79 Å². The molecule has 0 saturated heterocycles. The molecule has 1 aromatic carbocycles. The van der Waals surface area contributed by atoms with Crippen molar-refractivity contribution < 1.29 is 4.79 Å². The molecule has 3 nitrogen and oxygen atoms in total. The fourth-order valence-electron chi connectivity index (χ4n) is 1.26. The lowest BCUT2D eigenvalue weighted by Crippen LogP contribution is -2.30. The first-order valence-electron chi connectivity index (χ1n) is 5.35.